The van der Waals surface area contributed by atoms with E-state index in [-0.39, 0.29) is 50.5 Å². The molecule has 0 fully saturated rings. The van der Waals surface area contributed by atoms with Gasteiger partial charge in [-0.05, 0) is 38.0 Å². The van der Waals surface area contributed by atoms with E-state index in [1.807, 2.05) is 0 Å². The molecule has 0 saturated carbocycles. The van der Waals surface area contributed by atoms with Crippen LogP contribution in [0.1, 0.15) is 58.8 Å². The summed E-state index contributed by atoms with van der Waals surface area (Å²) in [4.78, 5) is 88.6. The van der Waals surface area contributed by atoms with E-state index in [0.717, 1.165) is 0 Å². The third-order valence-electron chi connectivity index (χ3n) is 5.60. The minimum Gasteiger partial charge on any atom is -0.481 e. The molecular formula is C24H43N9O8. The zero-order valence-corrected chi connectivity index (χ0v) is 23.4. The summed E-state index contributed by atoms with van der Waals surface area (Å²) in [6.07, 6.45) is 0.0226. The molecule has 5 amide bonds. The number of nitrogens with one attached hydrogen (secondary N) is 4. The van der Waals surface area contributed by atoms with Crippen molar-refractivity contribution >= 4 is 47.8 Å². The minimum absolute atomic E-state index is 0.111. The molecule has 4 atom stereocenters. The van der Waals surface area contributed by atoms with E-state index >= 15 is 0 Å². The summed E-state index contributed by atoms with van der Waals surface area (Å²) in [5.74, 6) is -5.24. The second kappa shape index (κ2) is 19.7. The van der Waals surface area contributed by atoms with Crippen LogP contribution in [-0.2, 0) is 33.6 Å². The quantitative estimate of drug-likeness (QED) is 0.0273. The van der Waals surface area contributed by atoms with Gasteiger partial charge in [-0.1, -0.05) is 13.8 Å². The van der Waals surface area contributed by atoms with Crippen LogP contribution in [-0.4, -0.2) is 90.1 Å². The number of primary amides is 1. The zero-order chi connectivity index (χ0) is 31.5. The van der Waals surface area contributed by atoms with Crippen LogP contribution < -0.4 is 44.2 Å². The van der Waals surface area contributed by atoms with Crippen LogP contribution in [0.15, 0.2) is 4.99 Å². The van der Waals surface area contributed by atoms with Gasteiger partial charge in [0.2, 0.25) is 29.5 Å². The van der Waals surface area contributed by atoms with Gasteiger partial charge in [-0.25, -0.2) is 0 Å². The van der Waals surface area contributed by atoms with Gasteiger partial charge in [0.1, 0.15) is 24.4 Å². The van der Waals surface area contributed by atoms with Gasteiger partial charge in [0, 0.05) is 19.4 Å². The van der Waals surface area contributed by atoms with Crippen LogP contribution in [0.4, 0.5) is 0 Å². The van der Waals surface area contributed by atoms with Gasteiger partial charge < -0.3 is 54.1 Å². The molecule has 0 rings (SSSR count). The molecule has 0 aliphatic carbocycles. The Morgan fingerprint density at radius 2 is 1.34 bits per heavy atom. The number of nitrogens with two attached hydrogens (primary N) is 4. The van der Waals surface area contributed by atoms with Gasteiger partial charge in [-0.3, -0.25) is 33.8 Å². The molecule has 0 spiro atoms. The topological polar surface area (TPSA) is 304 Å². The zero-order valence-electron chi connectivity index (χ0n) is 23.4. The second-order valence-electron chi connectivity index (χ2n) is 9.71. The fourth-order valence-electron chi connectivity index (χ4n) is 3.57. The number of guanidine groups is 1. The first-order valence-electron chi connectivity index (χ1n) is 13.1. The number of nitrogens with zero attached hydrogens (tertiary/aromatic N) is 1. The average molecular weight is 586 g/mol. The Hall–Kier alpha value is -4.28. The summed E-state index contributed by atoms with van der Waals surface area (Å²) in [6.45, 7) is 3.33. The third-order valence-corrected chi connectivity index (χ3v) is 5.60. The second-order valence-corrected chi connectivity index (χ2v) is 9.71. The highest BCUT2D eigenvalue weighted by molar-refractivity contribution is 5.95. The largest absolute Gasteiger partial charge is 0.481 e. The number of aliphatic carboxylic acids is 1. The summed E-state index contributed by atoms with van der Waals surface area (Å²) in [5.41, 5.74) is 21.0. The highest BCUT2D eigenvalue weighted by Gasteiger charge is 2.31. The molecule has 13 N–H and O–H groups in total. The summed E-state index contributed by atoms with van der Waals surface area (Å²) >= 11 is 0. The predicted molar refractivity (Wildman–Crippen MR) is 148 cm³/mol. The standard InChI is InChI=1S/C24H43N9O8/c1-13(2)10-17(33-22(40)15(6-8-20(37)38)31-19(36)11-25)23(41)32-16(5-7-18(26)35)21(39)30-14(12-34)4-3-9-29-24(27)28/h12-17H,3-11,25H2,1-2H3,(H2,26,35)(H,30,39)(H,31,36)(H,32,41)(H,33,40)(H,37,38)(H4,27,28,29)/t14-,15+,16+,17+/m1/s1. The Balaban J connectivity index is 5.71. The van der Waals surface area contributed by atoms with Crippen LogP contribution in [0.3, 0.4) is 0 Å². The van der Waals surface area contributed by atoms with E-state index in [4.69, 9.17) is 28.0 Å². The number of hydrogen-bond donors (Lipinski definition) is 9. The van der Waals surface area contributed by atoms with Gasteiger partial charge >= 0.3 is 5.97 Å². The molecule has 0 aromatic heterocycles. The van der Waals surface area contributed by atoms with E-state index in [9.17, 15) is 33.6 Å². The van der Waals surface area contributed by atoms with E-state index in [1.54, 1.807) is 13.8 Å². The number of rotatable bonds is 21. The SMILES string of the molecule is CC(C)C[C@H](NC(=O)[C@H](CCC(=O)O)NC(=O)CN)C(=O)N[C@@H](CCC(N)=O)C(=O)N[C@@H](C=O)CCCN=C(N)N. The molecule has 232 valence electrons. The number of aldehydes is 1. The molecule has 0 aliphatic rings. The first kappa shape index (κ1) is 36.7. The molecule has 0 aliphatic heterocycles. The van der Waals surface area contributed by atoms with Crippen LogP contribution in [0.5, 0.6) is 0 Å². The molecule has 41 heavy (non-hydrogen) atoms. The van der Waals surface area contributed by atoms with Crippen LogP contribution >= 0.6 is 0 Å². The molecule has 0 heterocycles. The number of aliphatic imine (C=N–C) groups is 1. The molecular weight excluding hydrogens is 542 g/mol. The minimum atomic E-state index is -1.29. The average Bonchev–Trinajstić information content (AvgIpc) is 2.88. The maximum atomic E-state index is 13.2. The van der Waals surface area contributed by atoms with Crippen molar-refractivity contribution in [3.8, 4) is 0 Å². The first-order valence-corrected chi connectivity index (χ1v) is 13.1. The number of amides is 5. The maximum Gasteiger partial charge on any atom is 0.303 e. The Labute approximate surface area is 238 Å². The lowest BCUT2D eigenvalue weighted by molar-refractivity contribution is -0.138. The van der Waals surface area contributed by atoms with Crippen molar-refractivity contribution in [3.05, 3.63) is 0 Å². The lowest BCUT2D eigenvalue weighted by Gasteiger charge is -2.26. The number of hydrogen-bond acceptors (Lipinski definition) is 9. The molecule has 17 heteroatoms. The molecule has 0 unspecified atom stereocenters. The van der Waals surface area contributed by atoms with E-state index in [2.05, 4.69) is 26.3 Å². The smallest absolute Gasteiger partial charge is 0.303 e. The van der Waals surface area contributed by atoms with Crippen molar-refractivity contribution in [2.75, 3.05) is 13.1 Å². The number of carbonyl (C=O) groups excluding carboxylic acids is 6. The Morgan fingerprint density at radius 3 is 1.85 bits per heavy atom. The lowest BCUT2D eigenvalue weighted by atomic mass is 10.0. The van der Waals surface area contributed by atoms with Crippen molar-refractivity contribution in [1.29, 1.82) is 0 Å². The third kappa shape index (κ3) is 17.1. The van der Waals surface area contributed by atoms with Crippen molar-refractivity contribution < 1.29 is 38.7 Å². The van der Waals surface area contributed by atoms with Gasteiger partial charge in [0.05, 0.1) is 12.6 Å². The Morgan fingerprint density at radius 1 is 0.805 bits per heavy atom. The van der Waals surface area contributed by atoms with Gasteiger partial charge in [-0.2, -0.15) is 0 Å². The molecule has 0 aromatic carbocycles. The van der Waals surface area contributed by atoms with Gasteiger partial charge in [0.15, 0.2) is 5.96 Å². The van der Waals surface area contributed by atoms with Gasteiger partial charge in [-0.15, -0.1) is 0 Å². The predicted octanol–water partition coefficient (Wildman–Crippen LogP) is -3.69. The first-order chi connectivity index (χ1) is 19.2. The number of carboxylic acids is 1. The summed E-state index contributed by atoms with van der Waals surface area (Å²) in [6, 6.07) is -4.71. The molecule has 0 bridgehead atoms. The van der Waals surface area contributed by atoms with E-state index in [0.29, 0.717) is 12.7 Å². The molecule has 0 saturated heterocycles. The lowest BCUT2D eigenvalue weighted by Crippen LogP contribution is -2.58. The monoisotopic (exact) mass is 585 g/mol. The summed E-state index contributed by atoms with van der Waals surface area (Å²) in [7, 11) is 0. The summed E-state index contributed by atoms with van der Waals surface area (Å²) < 4.78 is 0. The van der Waals surface area contributed by atoms with Crippen molar-refractivity contribution in [2.45, 2.75) is 83.0 Å². The normalized spacial score (nSPS) is 13.6. The summed E-state index contributed by atoms with van der Waals surface area (Å²) in [5, 5.41) is 18.8. The highest BCUT2D eigenvalue weighted by Crippen LogP contribution is 2.09. The number of carbonyl (C=O) groups is 7. The molecule has 0 radical (unpaired) electrons. The maximum absolute atomic E-state index is 13.2. The van der Waals surface area contributed by atoms with E-state index < -0.39 is 72.6 Å². The Kier molecular flexibility index (Phi) is 17.7. The highest BCUT2D eigenvalue weighted by atomic mass is 16.4. The fourth-order valence-corrected chi connectivity index (χ4v) is 3.57. The number of carboxylic acid groups (broad SMARTS) is 1. The van der Waals surface area contributed by atoms with Gasteiger partial charge in [0.25, 0.3) is 0 Å². The van der Waals surface area contributed by atoms with Crippen molar-refractivity contribution in [3.63, 3.8) is 0 Å². The Bertz CT molecular complexity index is 953. The van der Waals surface area contributed by atoms with E-state index in [1.165, 1.54) is 0 Å². The van der Waals surface area contributed by atoms with Crippen LogP contribution in [0.2, 0.25) is 0 Å². The molecule has 0 aromatic rings. The fraction of sp³-hybridized carbons (Fsp3) is 0.667. The van der Waals surface area contributed by atoms with Crippen molar-refractivity contribution in [1.82, 2.24) is 21.3 Å². The van der Waals surface area contributed by atoms with Crippen LogP contribution in [0.25, 0.3) is 0 Å². The van der Waals surface area contributed by atoms with Crippen molar-refractivity contribution in [2.24, 2.45) is 33.8 Å². The molecule has 17 nitrogen and oxygen atoms in total. The van der Waals surface area contributed by atoms with Crippen LogP contribution in [0, 0.1) is 5.92 Å².